The summed E-state index contributed by atoms with van der Waals surface area (Å²) in [7, 11) is 0. The molecule has 7 nitrogen and oxygen atoms in total. The first-order valence-corrected chi connectivity index (χ1v) is 14.7. The lowest BCUT2D eigenvalue weighted by molar-refractivity contribution is 0.192. The fourth-order valence-electron chi connectivity index (χ4n) is 5.73. The Bertz CT molecular complexity index is 1650. The highest BCUT2D eigenvalue weighted by Gasteiger charge is 2.21. The van der Waals surface area contributed by atoms with Gasteiger partial charge in [-0.15, -0.1) is 0 Å². The summed E-state index contributed by atoms with van der Waals surface area (Å²) in [6, 6.07) is 27.3. The van der Waals surface area contributed by atoms with Crippen LogP contribution in [0.1, 0.15) is 33.6 Å². The van der Waals surface area contributed by atoms with E-state index in [1.807, 2.05) is 31.2 Å². The molecule has 3 aliphatic rings. The highest BCUT2D eigenvalue weighted by molar-refractivity contribution is 5.84. The molecule has 1 aromatic heterocycles. The van der Waals surface area contributed by atoms with Gasteiger partial charge in [-0.3, -0.25) is 4.99 Å². The molecule has 210 valence electrons. The van der Waals surface area contributed by atoms with E-state index in [1.54, 1.807) is 6.20 Å². The molecule has 0 bridgehead atoms. The van der Waals surface area contributed by atoms with Gasteiger partial charge in [0.1, 0.15) is 5.69 Å². The van der Waals surface area contributed by atoms with Gasteiger partial charge in [-0.1, -0.05) is 44.2 Å². The number of nitrogens with zero attached hydrogens (tertiary/aromatic N) is 5. The summed E-state index contributed by atoms with van der Waals surface area (Å²) in [4.78, 5) is 17.5. The average Bonchev–Trinajstić information content (AvgIpc) is 2.98. The van der Waals surface area contributed by atoms with Crippen LogP contribution in [0, 0.1) is 5.92 Å². The van der Waals surface area contributed by atoms with Crippen molar-refractivity contribution in [3.05, 3.63) is 90.4 Å². The van der Waals surface area contributed by atoms with E-state index in [-0.39, 0.29) is 6.04 Å². The molecule has 1 aliphatic carbocycles. The topological polar surface area (TPSA) is 67.6 Å². The zero-order valence-corrected chi connectivity index (χ0v) is 24.1. The van der Waals surface area contributed by atoms with Gasteiger partial charge in [0.15, 0.2) is 0 Å². The minimum Gasteiger partial charge on any atom is -0.476 e. The first-order chi connectivity index (χ1) is 20.1. The number of benzene rings is 3. The molecular formula is C34H38N6O. The second kappa shape index (κ2) is 12.1. The Kier molecular flexibility index (Phi) is 7.96. The molecule has 3 aromatic rings. The Hall–Kier alpha value is -4.23. The Morgan fingerprint density at radius 3 is 2.51 bits per heavy atom. The van der Waals surface area contributed by atoms with Crippen molar-refractivity contribution in [3.8, 4) is 23.0 Å². The average molecular weight is 547 g/mol. The zero-order valence-electron chi connectivity index (χ0n) is 24.1. The summed E-state index contributed by atoms with van der Waals surface area (Å²) in [5, 5.41) is 4.53. The molecule has 0 spiro atoms. The number of aromatic nitrogens is 3. The maximum atomic E-state index is 5.84. The minimum atomic E-state index is 0.260. The van der Waals surface area contributed by atoms with Crippen molar-refractivity contribution in [2.45, 2.75) is 39.7 Å². The molecule has 2 aromatic carbocycles. The van der Waals surface area contributed by atoms with Crippen molar-refractivity contribution in [1.29, 1.82) is 0 Å². The fourth-order valence-corrected chi connectivity index (χ4v) is 5.73. The van der Waals surface area contributed by atoms with Gasteiger partial charge < -0.3 is 19.5 Å². The zero-order chi connectivity index (χ0) is 28.2. The van der Waals surface area contributed by atoms with Crippen LogP contribution in [0.5, 0.6) is 5.88 Å². The van der Waals surface area contributed by atoms with Crippen LogP contribution in [0.25, 0.3) is 28.1 Å². The highest BCUT2D eigenvalue weighted by Crippen LogP contribution is 2.31. The lowest BCUT2D eigenvalue weighted by Crippen LogP contribution is -2.38. The molecule has 1 N–H and O–H groups in total. The first-order valence-electron chi connectivity index (χ1n) is 14.7. The Morgan fingerprint density at radius 2 is 1.73 bits per heavy atom. The van der Waals surface area contributed by atoms with E-state index in [0.29, 0.717) is 18.4 Å². The number of nitrogens with one attached hydrogen (secondary N) is 1. The second-order valence-electron chi connectivity index (χ2n) is 11.1. The molecule has 0 radical (unpaired) electrons. The fraction of sp³-hybridized carbons (Fsp3) is 0.324. The maximum absolute atomic E-state index is 5.84. The molecule has 3 heterocycles. The van der Waals surface area contributed by atoms with Crippen molar-refractivity contribution in [2.75, 3.05) is 31.6 Å². The Morgan fingerprint density at radius 1 is 0.951 bits per heavy atom. The van der Waals surface area contributed by atoms with E-state index in [4.69, 9.17) is 14.7 Å². The second-order valence-corrected chi connectivity index (χ2v) is 11.1. The molecule has 0 amide bonds. The Balaban J connectivity index is 1.52. The van der Waals surface area contributed by atoms with Crippen LogP contribution in [0.3, 0.4) is 0 Å². The number of ether oxygens (including phenoxy) is 1. The number of anilines is 2. The van der Waals surface area contributed by atoms with Crippen LogP contribution in [-0.4, -0.2) is 51.7 Å². The standard InChI is InChI=1S/C34H38N6O/c1-4-41-34-28(14-10-18-35-34)38-29-21-31-33(22-30(29)36-25-16-19-39(20-17-25)23-24(2)3)40(26-11-6-5-7-12-26)32-15-9-8-13-27(32)37-31/h5-15,18,21-22,24-25,38H,4,16-17,19-20,23H2,1-3H3. The molecule has 0 saturated carbocycles. The van der Waals surface area contributed by atoms with E-state index in [2.05, 4.69) is 88.2 Å². The molecular weight excluding hydrogens is 508 g/mol. The van der Waals surface area contributed by atoms with Crippen LogP contribution in [0.15, 0.2) is 90.1 Å². The number of fused-ring (bicyclic) bond motifs is 2. The smallest absolute Gasteiger partial charge is 0.237 e. The normalized spacial score (nSPS) is 15.2. The van der Waals surface area contributed by atoms with Crippen LogP contribution in [0.4, 0.5) is 11.4 Å². The van der Waals surface area contributed by atoms with Gasteiger partial charge in [-0.25, -0.2) is 9.97 Å². The van der Waals surface area contributed by atoms with E-state index < -0.39 is 0 Å². The number of hydrogen-bond acceptors (Lipinski definition) is 6. The maximum Gasteiger partial charge on any atom is 0.237 e. The van der Waals surface area contributed by atoms with Crippen LogP contribution < -0.4 is 15.4 Å². The summed E-state index contributed by atoms with van der Waals surface area (Å²) < 4.78 is 8.13. The van der Waals surface area contributed by atoms with E-state index in [9.17, 15) is 0 Å². The number of likely N-dealkylation sites (tertiary alicyclic amines) is 1. The molecule has 0 atom stereocenters. The van der Waals surface area contributed by atoms with Crippen molar-refractivity contribution in [2.24, 2.45) is 10.9 Å². The number of para-hydroxylation sites is 3. The summed E-state index contributed by atoms with van der Waals surface area (Å²) in [5.41, 5.74) is 6.72. The number of rotatable bonds is 8. The predicted molar refractivity (Wildman–Crippen MR) is 166 cm³/mol. The van der Waals surface area contributed by atoms with Crippen molar-refractivity contribution in [3.63, 3.8) is 0 Å². The van der Waals surface area contributed by atoms with Crippen molar-refractivity contribution in [1.82, 2.24) is 19.4 Å². The van der Waals surface area contributed by atoms with Crippen LogP contribution in [-0.2, 0) is 0 Å². The Labute approximate surface area is 241 Å². The third kappa shape index (κ3) is 5.95. The predicted octanol–water partition coefficient (Wildman–Crippen LogP) is 6.69. The number of pyridine rings is 1. The summed E-state index contributed by atoms with van der Waals surface area (Å²) in [5.74, 6) is 1.25. The van der Waals surface area contributed by atoms with Gasteiger partial charge in [0, 0.05) is 31.5 Å². The van der Waals surface area contributed by atoms with Crippen LogP contribution in [0.2, 0.25) is 0 Å². The van der Waals surface area contributed by atoms with Crippen molar-refractivity contribution >= 4 is 22.4 Å². The van der Waals surface area contributed by atoms with Gasteiger partial charge in [0.25, 0.3) is 0 Å². The molecule has 41 heavy (non-hydrogen) atoms. The first kappa shape index (κ1) is 27.0. The van der Waals surface area contributed by atoms with E-state index in [1.165, 1.54) is 0 Å². The van der Waals surface area contributed by atoms with Crippen LogP contribution >= 0.6 is 0 Å². The summed E-state index contributed by atoms with van der Waals surface area (Å²) in [6.45, 7) is 10.4. The lowest BCUT2D eigenvalue weighted by atomic mass is 10.0. The highest BCUT2D eigenvalue weighted by atomic mass is 16.5. The third-order valence-corrected chi connectivity index (χ3v) is 7.54. The van der Waals surface area contributed by atoms with Gasteiger partial charge in [-0.2, -0.15) is 0 Å². The number of hydrogen-bond donors (Lipinski definition) is 1. The lowest BCUT2D eigenvalue weighted by Gasteiger charge is -2.31. The number of piperidine rings is 1. The summed E-state index contributed by atoms with van der Waals surface area (Å²) in [6.07, 6.45) is 3.86. The van der Waals surface area contributed by atoms with Gasteiger partial charge in [0.2, 0.25) is 5.88 Å². The van der Waals surface area contributed by atoms with E-state index in [0.717, 1.165) is 77.3 Å². The van der Waals surface area contributed by atoms with Gasteiger partial charge in [0.05, 0.1) is 46.1 Å². The molecule has 2 aliphatic heterocycles. The third-order valence-electron chi connectivity index (χ3n) is 7.54. The quantitative estimate of drug-likeness (QED) is 0.220. The van der Waals surface area contributed by atoms with Gasteiger partial charge >= 0.3 is 0 Å². The van der Waals surface area contributed by atoms with Crippen molar-refractivity contribution < 1.29 is 4.74 Å². The largest absolute Gasteiger partial charge is 0.476 e. The van der Waals surface area contributed by atoms with E-state index >= 15 is 0 Å². The summed E-state index contributed by atoms with van der Waals surface area (Å²) >= 11 is 0. The SMILES string of the molecule is CCOc1ncccc1Nc1cc2nc3ccccc3n(-c3ccccc3)c-2cc1=NC1CCN(CC(C)C)CC1. The molecule has 0 unspecified atom stereocenters. The molecule has 1 fully saturated rings. The molecule has 6 rings (SSSR count). The van der Waals surface area contributed by atoms with Gasteiger partial charge in [-0.05, 0) is 74.2 Å². The molecule has 1 saturated heterocycles. The monoisotopic (exact) mass is 546 g/mol. The molecule has 7 heteroatoms. The minimum absolute atomic E-state index is 0.260.